The number of aromatic carboxylic acids is 1. The van der Waals surface area contributed by atoms with E-state index in [0.29, 0.717) is 27.8 Å². The van der Waals surface area contributed by atoms with Gasteiger partial charge in [0.25, 0.3) is 5.56 Å². The number of carboxylic acid groups (broad SMARTS) is 1. The van der Waals surface area contributed by atoms with E-state index < -0.39 is 46.5 Å². The minimum Gasteiger partial charge on any atom is -0.545 e. The molecule has 0 radical (unpaired) electrons. The van der Waals surface area contributed by atoms with E-state index in [0.717, 1.165) is 22.9 Å². The highest BCUT2D eigenvalue weighted by Gasteiger charge is 2.44. The highest BCUT2D eigenvalue weighted by Crippen LogP contribution is 2.44. The molecule has 0 aliphatic carbocycles. The highest BCUT2D eigenvalue weighted by atomic mass is 19.4. The zero-order valence-corrected chi connectivity index (χ0v) is 21.4. The first-order chi connectivity index (χ1) is 17.6. The molecule has 0 bridgehead atoms. The number of carbonyl (C=O) groups excluding carboxylic acids is 2. The second-order valence-corrected chi connectivity index (χ2v) is 9.76. The Hall–Kier alpha value is -4.15. The van der Waals surface area contributed by atoms with Gasteiger partial charge >= 0.3 is 11.9 Å². The fourth-order valence-electron chi connectivity index (χ4n) is 5.21. The van der Waals surface area contributed by atoms with Crippen LogP contribution in [-0.4, -0.2) is 28.1 Å². The molecule has 0 N–H and O–H groups in total. The lowest BCUT2D eigenvalue weighted by molar-refractivity contribution is -0.255. The first kappa shape index (κ1) is 26.9. The molecule has 1 aliphatic heterocycles. The Bertz CT molecular complexity index is 1620. The fourth-order valence-corrected chi connectivity index (χ4v) is 5.21. The third-order valence-electron chi connectivity index (χ3n) is 7.18. The standard InChI is InChI=1S/C27H26F3N3O5/c1-6-16-19(10-11-20-21(16)26(3,4)24(37)31(20)5)32-13-17(23(35)36)22(34)33(25(32)38)12-15-8-7-9-18(14(15)2)27(28,29)30/h7-11,13H,6,12H2,1-5H3,(H,35,36)/p-1. The van der Waals surface area contributed by atoms with Gasteiger partial charge in [-0.25, -0.2) is 4.79 Å². The van der Waals surface area contributed by atoms with Crippen molar-refractivity contribution >= 4 is 17.6 Å². The molecule has 200 valence electrons. The number of halogens is 3. The number of benzene rings is 2. The molecule has 3 aromatic rings. The molecule has 38 heavy (non-hydrogen) atoms. The predicted molar refractivity (Wildman–Crippen MR) is 132 cm³/mol. The van der Waals surface area contributed by atoms with Crippen LogP contribution in [0.5, 0.6) is 0 Å². The Morgan fingerprint density at radius 2 is 1.68 bits per heavy atom. The van der Waals surface area contributed by atoms with Gasteiger partial charge in [0, 0.05) is 18.9 Å². The number of fused-ring (bicyclic) bond motifs is 1. The summed E-state index contributed by atoms with van der Waals surface area (Å²) in [7, 11) is 1.63. The number of amides is 1. The van der Waals surface area contributed by atoms with Crippen LogP contribution in [0.25, 0.3) is 5.69 Å². The van der Waals surface area contributed by atoms with Crippen LogP contribution in [0.4, 0.5) is 18.9 Å². The summed E-state index contributed by atoms with van der Waals surface area (Å²) in [5, 5.41) is 11.9. The number of hydrogen-bond acceptors (Lipinski definition) is 5. The molecular weight excluding hydrogens is 503 g/mol. The third kappa shape index (κ3) is 4.02. The molecule has 4 rings (SSSR count). The Morgan fingerprint density at radius 3 is 2.26 bits per heavy atom. The maximum Gasteiger partial charge on any atom is 0.416 e. The topological polar surface area (TPSA) is 104 Å². The summed E-state index contributed by atoms with van der Waals surface area (Å²) in [6.45, 7) is 5.93. The summed E-state index contributed by atoms with van der Waals surface area (Å²) < 4.78 is 41.9. The van der Waals surface area contributed by atoms with E-state index in [4.69, 9.17) is 0 Å². The average molecular weight is 529 g/mol. The van der Waals surface area contributed by atoms with Crippen LogP contribution in [-0.2, 0) is 29.4 Å². The SMILES string of the molecule is CCc1c(-n2cc(C(=O)[O-])c(=O)n(Cc3cccc(C(F)(F)F)c3C)c2=O)ccc2c1C(C)(C)C(=O)N2C. The van der Waals surface area contributed by atoms with Crippen molar-refractivity contribution in [2.75, 3.05) is 11.9 Å². The normalized spacial score (nSPS) is 14.6. The third-order valence-corrected chi connectivity index (χ3v) is 7.18. The van der Waals surface area contributed by atoms with Gasteiger partial charge in [-0.2, -0.15) is 13.2 Å². The Labute approximate surface area is 215 Å². The Morgan fingerprint density at radius 1 is 1.05 bits per heavy atom. The minimum absolute atomic E-state index is 0.0269. The van der Waals surface area contributed by atoms with Crippen LogP contribution in [0.1, 0.15) is 58.9 Å². The summed E-state index contributed by atoms with van der Waals surface area (Å²) in [5.74, 6) is -2.00. The van der Waals surface area contributed by atoms with Crippen molar-refractivity contribution < 1.29 is 27.9 Å². The molecule has 11 heteroatoms. The molecule has 2 aromatic carbocycles. The molecule has 0 spiro atoms. The van der Waals surface area contributed by atoms with E-state index in [-0.39, 0.29) is 22.7 Å². The molecule has 0 atom stereocenters. The van der Waals surface area contributed by atoms with Crippen molar-refractivity contribution in [2.24, 2.45) is 0 Å². The number of carbonyl (C=O) groups is 2. The minimum atomic E-state index is -4.66. The van der Waals surface area contributed by atoms with Crippen molar-refractivity contribution in [3.63, 3.8) is 0 Å². The lowest BCUT2D eigenvalue weighted by atomic mass is 9.82. The van der Waals surface area contributed by atoms with Crippen LogP contribution in [0.3, 0.4) is 0 Å². The number of rotatable bonds is 5. The smallest absolute Gasteiger partial charge is 0.416 e. The van der Waals surface area contributed by atoms with Gasteiger partial charge in [-0.15, -0.1) is 0 Å². The zero-order valence-electron chi connectivity index (χ0n) is 21.4. The van der Waals surface area contributed by atoms with Crippen LogP contribution < -0.4 is 21.3 Å². The highest BCUT2D eigenvalue weighted by molar-refractivity contribution is 6.08. The number of carboxylic acids is 1. The van der Waals surface area contributed by atoms with E-state index >= 15 is 0 Å². The van der Waals surface area contributed by atoms with Crippen LogP contribution in [0.2, 0.25) is 0 Å². The van der Waals surface area contributed by atoms with Gasteiger partial charge < -0.3 is 14.8 Å². The predicted octanol–water partition coefficient (Wildman–Crippen LogP) is 2.55. The molecule has 2 heterocycles. The number of alkyl halides is 3. The van der Waals surface area contributed by atoms with Crippen LogP contribution in [0.15, 0.2) is 46.1 Å². The first-order valence-electron chi connectivity index (χ1n) is 11.8. The van der Waals surface area contributed by atoms with Gasteiger partial charge in [-0.3, -0.25) is 18.7 Å². The van der Waals surface area contributed by atoms with E-state index in [2.05, 4.69) is 0 Å². The zero-order chi connectivity index (χ0) is 28.3. The lowest BCUT2D eigenvalue weighted by Crippen LogP contribution is -2.44. The van der Waals surface area contributed by atoms with Gasteiger partial charge in [0.1, 0.15) is 0 Å². The molecule has 0 fully saturated rings. The monoisotopic (exact) mass is 528 g/mol. The summed E-state index contributed by atoms with van der Waals surface area (Å²) in [6.07, 6.45) is -3.43. The lowest BCUT2D eigenvalue weighted by Gasteiger charge is -2.22. The molecule has 1 amide bonds. The van der Waals surface area contributed by atoms with Crippen molar-refractivity contribution in [3.8, 4) is 5.69 Å². The molecule has 0 saturated heterocycles. The average Bonchev–Trinajstić information content (AvgIpc) is 3.01. The van der Waals surface area contributed by atoms with Gasteiger partial charge in [-0.1, -0.05) is 19.1 Å². The summed E-state index contributed by atoms with van der Waals surface area (Å²) >= 11 is 0. The Kier molecular flexibility index (Phi) is 6.37. The van der Waals surface area contributed by atoms with Crippen LogP contribution in [0, 0.1) is 6.92 Å². The fraction of sp³-hybridized carbons (Fsp3) is 0.333. The number of hydrogen-bond donors (Lipinski definition) is 0. The van der Waals surface area contributed by atoms with Crippen molar-refractivity contribution in [2.45, 2.75) is 52.3 Å². The van der Waals surface area contributed by atoms with Crippen LogP contribution >= 0.6 is 0 Å². The van der Waals surface area contributed by atoms with Gasteiger partial charge in [0.05, 0.1) is 34.7 Å². The molecule has 1 aliphatic rings. The van der Waals surface area contributed by atoms with Gasteiger partial charge in [0.2, 0.25) is 5.91 Å². The van der Waals surface area contributed by atoms with Gasteiger partial charge in [0.15, 0.2) is 0 Å². The van der Waals surface area contributed by atoms with Crippen molar-refractivity contribution in [1.29, 1.82) is 0 Å². The molecular formula is C27H25F3N3O5-. The van der Waals surface area contributed by atoms with Crippen molar-refractivity contribution in [3.05, 3.63) is 90.7 Å². The van der Waals surface area contributed by atoms with E-state index in [9.17, 15) is 37.5 Å². The molecule has 8 nitrogen and oxygen atoms in total. The van der Waals surface area contributed by atoms with E-state index in [1.54, 1.807) is 33.0 Å². The molecule has 0 saturated carbocycles. The summed E-state index contributed by atoms with van der Waals surface area (Å²) in [6, 6.07) is 6.56. The second kappa shape index (κ2) is 9.00. The summed E-state index contributed by atoms with van der Waals surface area (Å²) in [5.41, 5.74) is -2.84. The number of likely N-dealkylation sites (N-methyl/N-ethyl adjacent to an activating group) is 1. The largest absolute Gasteiger partial charge is 0.545 e. The maximum absolute atomic E-state index is 13.6. The number of nitrogens with zero attached hydrogens (tertiary/aromatic N) is 3. The van der Waals surface area contributed by atoms with Gasteiger partial charge in [-0.05, 0) is 67.6 Å². The number of anilines is 1. The quantitative estimate of drug-likeness (QED) is 0.506. The second-order valence-electron chi connectivity index (χ2n) is 9.76. The summed E-state index contributed by atoms with van der Waals surface area (Å²) in [4.78, 5) is 52.9. The van der Waals surface area contributed by atoms with E-state index in [1.165, 1.54) is 17.9 Å². The molecule has 1 aromatic heterocycles. The first-order valence-corrected chi connectivity index (χ1v) is 11.8. The Balaban J connectivity index is 2.00. The van der Waals surface area contributed by atoms with E-state index in [1.807, 2.05) is 6.92 Å². The van der Waals surface area contributed by atoms with Crippen molar-refractivity contribution in [1.82, 2.24) is 9.13 Å². The number of aromatic nitrogens is 2. The maximum atomic E-state index is 13.6. The molecule has 0 unspecified atom stereocenters.